The van der Waals surface area contributed by atoms with Crippen LogP contribution < -0.4 is 5.32 Å². The zero-order valence-corrected chi connectivity index (χ0v) is 17.3. The quantitative estimate of drug-likeness (QED) is 0.650. The minimum Gasteiger partial charge on any atom is -0.348 e. The number of carbonyl (C=O) groups is 1. The lowest BCUT2D eigenvalue weighted by Gasteiger charge is -2.26. The highest BCUT2D eigenvalue weighted by Crippen LogP contribution is 2.23. The van der Waals surface area contributed by atoms with E-state index in [-0.39, 0.29) is 23.6 Å². The largest absolute Gasteiger partial charge is 0.348 e. The van der Waals surface area contributed by atoms with Crippen LogP contribution >= 0.6 is 0 Å². The molecule has 2 aromatic carbocycles. The van der Waals surface area contributed by atoms with E-state index >= 15 is 0 Å². The zero-order chi connectivity index (χ0) is 21.8. The fourth-order valence-electron chi connectivity index (χ4n) is 3.67. The van der Waals surface area contributed by atoms with E-state index in [4.69, 9.17) is 0 Å². The van der Waals surface area contributed by atoms with E-state index in [2.05, 4.69) is 21.4 Å². The number of nitrogens with zero attached hydrogens (tertiary/aromatic N) is 3. The van der Waals surface area contributed by atoms with Crippen molar-refractivity contribution in [1.82, 2.24) is 20.0 Å². The molecule has 3 aromatic rings. The normalized spacial score (nSPS) is 15.4. The second-order valence-corrected chi connectivity index (χ2v) is 7.71. The maximum atomic E-state index is 13.1. The number of benzene rings is 2. The van der Waals surface area contributed by atoms with E-state index < -0.39 is 0 Å². The third-order valence-corrected chi connectivity index (χ3v) is 5.45. The van der Waals surface area contributed by atoms with E-state index in [1.807, 2.05) is 19.3 Å². The molecule has 2 heterocycles. The summed E-state index contributed by atoms with van der Waals surface area (Å²) in [7, 11) is 0. The molecule has 1 aliphatic rings. The number of nitrogens with one attached hydrogen (secondary N) is 1. The fourth-order valence-corrected chi connectivity index (χ4v) is 3.67. The van der Waals surface area contributed by atoms with Gasteiger partial charge in [0, 0.05) is 24.8 Å². The van der Waals surface area contributed by atoms with E-state index in [0.29, 0.717) is 13.1 Å². The van der Waals surface area contributed by atoms with Crippen molar-refractivity contribution in [3.05, 3.63) is 89.8 Å². The molecule has 0 saturated carbocycles. The van der Waals surface area contributed by atoms with Crippen LogP contribution in [0.3, 0.4) is 0 Å². The number of carbonyl (C=O) groups excluding carboxylic acids is 1. The van der Waals surface area contributed by atoms with E-state index in [1.54, 1.807) is 28.9 Å². The molecule has 0 fully saturated rings. The molecule has 1 atom stereocenters. The maximum Gasteiger partial charge on any atom is 0.234 e. The molecular weight excluding hydrogens is 398 g/mol. The highest BCUT2D eigenvalue weighted by molar-refractivity contribution is 5.78. The van der Waals surface area contributed by atoms with Crippen LogP contribution in [0.1, 0.15) is 30.5 Å². The number of halogens is 2. The molecule has 0 spiro atoms. The van der Waals surface area contributed by atoms with Gasteiger partial charge < -0.3 is 5.32 Å². The average molecular weight is 422 g/mol. The Morgan fingerprint density at radius 3 is 2.42 bits per heavy atom. The Bertz CT molecular complexity index is 1070. The van der Waals surface area contributed by atoms with Gasteiger partial charge in [-0.05, 0) is 60.9 Å². The van der Waals surface area contributed by atoms with Crippen molar-refractivity contribution in [3.8, 4) is 5.69 Å². The Morgan fingerprint density at radius 1 is 1.10 bits per heavy atom. The van der Waals surface area contributed by atoms with Gasteiger partial charge in [0.15, 0.2) is 0 Å². The fraction of sp³-hybridized carbons (Fsp3) is 0.250. The van der Waals surface area contributed by atoms with Gasteiger partial charge in [0.05, 0.1) is 24.5 Å². The van der Waals surface area contributed by atoms with Gasteiger partial charge >= 0.3 is 0 Å². The molecule has 0 radical (unpaired) electrons. The molecule has 0 aliphatic carbocycles. The van der Waals surface area contributed by atoms with E-state index in [0.717, 1.165) is 29.8 Å². The number of rotatable bonds is 6. The predicted molar refractivity (Wildman–Crippen MR) is 116 cm³/mol. The molecule has 1 aliphatic heterocycles. The number of hydrogen-bond acceptors (Lipinski definition) is 3. The monoisotopic (exact) mass is 422 g/mol. The summed E-state index contributed by atoms with van der Waals surface area (Å²) in [5.74, 6) is -0.624. The third kappa shape index (κ3) is 5.24. The highest BCUT2D eigenvalue weighted by Gasteiger charge is 2.18. The zero-order valence-electron chi connectivity index (χ0n) is 17.3. The first kappa shape index (κ1) is 20.9. The van der Waals surface area contributed by atoms with Gasteiger partial charge in [0.1, 0.15) is 11.6 Å². The molecule has 31 heavy (non-hydrogen) atoms. The Hall–Kier alpha value is -3.32. The van der Waals surface area contributed by atoms with Crippen molar-refractivity contribution in [2.45, 2.75) is 19.4 Å². The van der Waals surface area contributed by atoms with Crippen molar-refractivity contribution in [2.24, 2.45) is 0 Å². The molecule has 0 saturated heterocycles. The summed E-state index contributed by atoms with van der Waals surface area (Å²) in [6, 6.07) is 12.2. The maximum absolute atomic E-state index is 13.1. The summed E-state index contributed by atoms with van der Waals surface area (Å²) < 4.78 is 27.9. The first-order chi connectivity index (χ1) is 15.0. The molecule has 0 bridgehead atoms. The van der Waals surface area contributed by atoms with Gasteiger partial charge in [-0.15, -0.1) is 0 Å². The Labute approximate surface area is 180 Å². The molecule has 7 heteroatoms. The van der Waals surface area contributed by atoms with Gasteiger partial charge in [-0.2, -0.15) is 5.10 Å². The Balaban J connectivity index is 1.31. The average Bonchev–Trinajstić information content (AvgIpc) is 3.25. The van der Waals surface area contributed by atoms with Crippen LogP contribution in [-0.4, -0.2) is 40.2 Å². The first-order valence-corrected chi connectivity index (χ1v) is 10.2. The number of hydrogen-bond donors (Lipinski definition) is 1. The van der Waals surface area contributed by atoms with Crippen molar-refractivity contribution >= 4 is 11.5 Å². The van der Waals surface area contributed by atoms with E-state index in [1.165, 1.54) is 29.8 Å². The van der Waals surface area contributed by atoms with Crippen LogP contribution in [-0.2, 0) is 4.79 Å². The van der Waals surface area contributed by atoms with E-state index in [9.17, 15) is 13.6 Å². The Morgan fingerprint density at radius 2 is 1.77 bits per heavy atom. The molecule has 4 rings (SSSR count). The van der Waals surface area contributed by atoms with Crippen molar-refractivity contribution < 1.29 is 13.6 Å². The second kappa shape index (κ2) is 9.22. The third-order valence-electron chi connectivity index (χ3n) is 5.45. The van der Waals surface area contributed by atoms with Gasteiger partial charge in [0.25, 0.3) is 0 Å². The van der Waals surface area contributed by atoms with Crippen LogP contribution in [0.15, 0.2) is 67.0 Å². The summed E-state index contributed by atoms with van der Waals surface area (Å²) in [5.41, 5.74) is 3.88. The van der Waals surface area contributed by atoms with Gasteiger partial charge in [-0.3, -0.25) is 9.69 Å². The molecule has 1 amide bonds. The Kier molecular flexibility index (Phi) is 6.23. The number of aromatic nitrogens is 2. The first-order valence-electron chi connectivity index (χ1n) is 10.2. The minimum absolute atomic E-state index is 0.0576. The SMILES string of the molecule is CC(NC(=O)CN1CC=C(c2cnn(-c3ccc(F)cc3)c2)CC1)c1ccc(F)cc1. The topological polar surface area (TPSA) is 50.2 Å². The molecule has 1 aromatic heterocycles. The standard InChI is InChI=1S/C24H24F2N4O/c1-17(18-2-4-21(25)5-3-18)28-24(31)16-29-12-10-19(11-13-29)20-14-27-30(15-20)23-8-6-22(26)7-9-23/h2-10,14-15,17H,11-13,16H2,1H3,(H,28,31). The van der Waals surface area contributed by atoms with Crippen LogP contribution in [0.5, 0.6) is 0 Å². The highest BCUT2D eigenvalue weighted by atomic mass is 19.1. The summed E-state index contributed by atoms with van der Waals surface area (Å²) in [5, 5.41) is 7.35. The summed E-state index contributed by atoms with van der Waals surface area (Å²) >= 11 is 0. The minimum atomic E-state index is -0.290. The van der Waals surface area contributed by atoms with Crippen molar-refractivity contribution in [2.75, 3.05) is 19.6 Å². The summed E-state index contributed by atoms with van der Waals surface area (Å²) in [6.07, 6.45) is 6.68. The second-order valence-electron chi connectivity index (χ2n) is 7.71. The smallest absolute Gasteiger partial charge is 0.234 e. The van der Waals surface area contributed by atoms with Crippen LogP contribution in [0.4, 0.5) is 8.78 Å². The van der Waals surface area contributed by atoms with Crippen LogP contribution in [0, 0.1) is 11.6 Å². The molecular formula is C24H24F2N4O. The van der Waals surface area contributed by atoms with Crippen molar-refractivity contribution in [3.63, 3.8) is 0 Å². The van der Waals surface area contributed by atoms with Crippen molar-refractivity contribution in [1.29, 1.82) is 0 Å². The summed E-state index contributed by atoms with van der Waals surface area (Å²) in [4.78, 5) is 14.5. The molecule has 5 nitrogen and oxygen atoms in total. The molecule has 1 unspecified atom stereocenters. The van der Waals surface area contributed by atoms with Crippen LogP contribution in [0.2, 0.25) is 0 Å². The van der Waals surface area contributed by atoms with Crippen LogP contribution in [0.25, 0.3) is 11.3 Å². The molecule has 1 N–H and O–H groups in total. The lowest BCUT2D eigenvalue weighted by atomic mass is 10.0. The lowest BCUT2D eigenvalue weighted by Crippen LogP contribution is -2.40. The lowest BCUT2D eigenvalue weighted by molar-refractivity contribution is -0.122. The van der Waals surface area contributed by atoms with Gasteiger partial charge in [-0.1, -0.05) is 18.2 Å². The molecule has 160 valence electrons. The van der Waals surface area contributed by atoms with Gasteiger partial charge in [-0.25, -0.2) is 13.5 Å². The summed E-state index contributed by atoms with van der Waals surface area (Å²) in [6.45, 7) is 3.64. The predicted octanol–water partition coefficient (Wildman–Crippen LogP) is 4.12. The number of amides is 1. The van der Waals surface area contributed by atoms with Gasteiger partial charge in [0.2, 0.25) is 5.91 Å².